The molecule has 1 aliphatic rings. The third-order valence-electron chi connectivity index (χ3n) is 6.49. The van der Waals surface area contributed by atoms with Crippen molar-refractivity contribution >= 4 is 49.9 Å². The van der Waals surface area contributed by atoms with Crippen molar-refractivity contribution in [3.8, 4) is 0 Å². The van der Waals surface area contributed by atoms with Gasteiger partial charge in [0.05, 0.1) is 10.9 Å². The zero-order chi connectivity index (χ0) is 20.9. The van der Waals surface area contributed by atoms with E-state index >= 15 is 0 Å². The summed E-state index contributed by atoms with van der Waals surface area (Å²) in [5.41, 5.74) is 5.09. The largest absolute Gasteiger partial charge is 0.344 e. The summed E-state index contributed by atoms with van der Waals surface area (Å²) in [6, 6.07) is 26.1. The van der Waals surface area contributed by atoms with E-state index in [1.54, 1.807) is 0 Å². The highest BCUT2D eigenvalue weighted by Crippen LogP contribution is 2.34. The van der Waals surface area contributed by atoms with E-state index in [0.29, 0.717) is 0 Å². The van der Waals surface area contributed by atoms with Gasteiger partial charge in [-0.3, -0.25) is 0 Å². The fourth-order valence-corrected chi connectivity index (χ4v) is 5.01. The van der Waals surface area contributed by atoms with Crippen LogP contribution in [0.4, 0.5) is 5.69 Å². The zero-order valence-electron chi connectivity index (χ0n) is 17.7. The van der Waals surface area contributed by atoms with Gasteiger partial charge in [0.1, 0.15) is 7.05 Å². The first-order chi connectivity index (χ1) is 15.2. The molecule has 0 fully saturated rings. The molecule has 0 radical (unpaired) electrons. The lowest BCUT2D eigenvalue weighted by molar-refractivity contribution is -0.399. The fourth-order valence-electron chi connectivity index (χ4n) is 5.01. The summed E-state index contributed by atoms with van der Waals surface area (Å²) in [7, 11) is 4.29. The van der Waals surface area contributed by atoms with Crippen LogP contribution >= 0.6 is 0 Å². The molecule has 0 unspecified atom stereocenters. The molecular formula is C29H23N2+. The second kappa shape index (κ2) is 6.82. The predicted octanol–water partition coefficient (Wildman–Crippen LogP) is 5.87. The van der Waals surface area contributed by atoms with Crippen molar-refractivity contribution in [2.75, 3.05) is 7.05 Å². The molecule has 2 heterocycles. The van der Waals surface area contributed by atoms with Crippen LogP contribution in [0.1, 0.15) is 5.56 Å². The highest BCUT2D eigenvalue weighted by atomic mass is 15.0. The maximum absolute atomic E-state index is 2.28. The van der Waals surface area contributed by atoms with Gasteiger partial charge in [0, 0.05) is 40.8 Å². The van der Waals surface area contributed by atoms with Gasteiger partial charge in [-0.05, 0) is 29.0 Å². The van der Waals surface area contributed by atoms with Crippen molar-refractivity contribution in [2.45, 2.75) is 0 Å². The third-order valence-corrected chi connectivity index (χ3v) is 6.49. The number of nitrogens with zero attached hydrogens (tertiary/aromatic N) is 2. The van der Waals surface area contributed by atoms with Crippen molar-refractivity contribution in [1.29, 1.82) is 0 Å². The Hall–Kier alpha value is -3.91. The van der Waals surface area contributed by atoms with E-state index in [2.05, 4.69) is 126 Å². The quantitative estimate of drug-likeness (QED) is 0.265. The van der Waals surface area contributed by atoms with Crippen molar-refractivity contribution in [2.24, 2.45) is 7.05 Å². The second-order valence-electron chi connectivity index (χ2n) is 8.16. The molecule has 5 aromatic rings. The Morgan fingerprint density at radius 2 is 1.45 bits per heavy atom. The van der Waals surface area contributed by atoms with Crippen molar-refractivity contribution in [3.05, 3.63) is 108 Å². The highest BCUT2D eigenvalue weighted by molar-refractivity contribution is 6.19. The van der Waals surface area contributed by atoms with Gasteiger partial charge < -0.3 is 4.57 Å². The zero-order valence-corrected chi connectivity index (χ0v) is 17.7. The van der Waals surface area contributed by atoms with E-state index < -0.39 is 0 Å². The van der Waals surface area contributed by atoms with Crippen LogP contribution in [0, 0.1) is 0 Å². The SMILES string of the molecule is Cn1\c(=C/C=C/C=C/C2=[N+](C)c3cccc4cccc2c34)c2cccc3cccc1c32. The maximum Gasteiger partial charge on any atom is 0.214 e. The Bertz CT molecular complexity index is 1630. The van der Waals surface area contributed by atoms with Crippen molar-refractivity contribution < 1.29 is 4.58 Å². The van der Waals surface area contributed by atoms with E-state index in [0.717, 1.165) is 0 Å². The van der Waals surface area contributed by atoms with Crippen LogP contribution < -0.4 is 5.35 Å². The molecule has 0 amide bonds. The molecule has 0 saturated carbocycles. The van der Waals surface area contributed by atoms with Crippen LogP contribution in [0.3, 0.4) is 0 Å². The summed E-state index contributed by atoms with van der Waals surface area (Å²) in [6.45, 7) is 0. The van der Waals surface area contributed by atoms with E-state index in [1.807, 2.05) is 0 Å². The van der Waals surface area contributed by atoms with Crippen LogP contribution in [0.25, 0.3) is 38.5 Å². The summed E-state index contributed by atoms with van der Waals surface area (Å²) >= 11 is 0. The first kappa shape index (κ1) is 17.9. The van der Waals surface area contributed by atoms with Crippen LogP contribution in [-0.4, -0.2) is 21.9 Å². The van der Waals surface area contributed by atoms with Gasteiger partial charge in [-0.2, -0.15) is 4.58 Å². The van der Waals surface area contributed by atoms with Crippen LogP contribution in [0.2, 0.25) is 0 Å². The molecule has 0 aliphatic carbocycles. The van der Waals surface area contributed by atoms with E-state index in [9.17, 15) is 0 Å². The van der Waals surface area contributed by atoms with E-state index in [4.69, 9.17) is 0 Å². The van der Waals surface area contributed by atoms with Gasteiger partial charge in [-0.15, -0.1) is 0 Å². The molecule has 0 bridgehead atoms. The molecule has 0 atom stereocenters. The van der Waals surface area contributed by atoms with Gasteiger partial charge in [0.25, 0.3) is 0 Å². The predicted molar refractivity (Wildman–Crippen MR) is 132 cm³/mol. The molecule has 148 valence electrons. The molecule has 0 saturated heterocycles. The summed E-state index contributed by atoms with van der Waals surface area (Å²) in [5.74, 6) is 0. The van der Waals surface area contributed by atoms with Gasteiger partial charge in [-0.25, -0.2) is 0 Å². The molecule has 0 spiro atoms. The van der Waals surface area contributed by atoms with Crippen molar-refractivity contribution in [3.63, 3.8) is 0 Å². The number of allylic oxidation sites excluding steroid dienone is 4. The minimum Gasteiger partial charge on any atom is -0.344 e. The topological polar surface area (TPSA) is 7.94 Å². The van der Waals surface area contributed by atoms with Gasteiger partial charge in [0.15, 0.2) is 0 Å². The number of aryl methyl sites for hydroxylation is 1. The van der Waals surface area contributed by atoms with Gasteiger partial charge in [0.2, 0.25) is 11.4 Å². The Morgan fingerprint density at radius 1 is 0.742 bits per heavy atom. The molecule has 2 heteroatoms. The highest BCUT2D eigenvalue weighted by Gasteiger charge is 2.27. The number of hydrogen-bond acceptors (Lipinski definition) is 0. The lowest BCUT2D eigenvalue weighted by Gasteiger charge is -1.97. The molecule has 1 aromatic heterocycles. The Balaban J connectivity index is 1.37. The average Bonchev–Trinajstić information content (AvgIpc) is 3.23. The number of benzene rings is 4. The first-order valence-electron chi connectivity index (χ1n) is 10.7. The Morgan fingerprint density at radius 3 is 2.29 bits per heavy atom. The standard InChI is InChI=1S/C29H23N2/c1-30-24(22-14-6-10-20-12-8-18-26(30)28(20)22)16-4-3-5-17-25-23-15-7-11-21-13-9-19-27(29(21)23)31(25)2/h3-19H,1-2H3/q+1. The number of rotatable bonds is 3. The number of hydrogen-bond donors (Lipinski definition) is 0. The Labute approximate surface area is 181 Å². The van der Waals surface area contributed by atoms with E-state index in [-0.39, 0.29) is 0 Å². The maximum atomic E-state index is 2.28. The van der Waals surface area contributed by atoms with E-state index in [1.165, 1.54) is 54.8 Å². The summed E-state index contributed by atoms with van der Waals surface area (Å²) in [5, 5.41) is 7.82. The van der Waals surface area contributed by atoms with Gasteiger partial charge in [-0.1, -0.05) is 72.8 Å². The van der Waals surface area contributed by atoms with Crippen LogP contribution in [0.5, 0.6) is 0 Å². The molecule has 6 rings (SSSR count). The number of aromatic nitrogens is 1. The fraction of sp³-hybridized carbons (Fsp3) is 0.0690. The normalized spacial score (nSPS) is 14.6. The first-order valence-corrected chi connectivity index (χ1v) is 10.7. The summed E-state index contributed by atoms with van der Waals surface area (Å²) < 4.78 is 4.56. The molecule has 4 aromatic carbocycles. The van der Waals surface area contributed by atoms with Crippen molar-refractivity contribution in [1.82, 2.24) is 4.57 Å². The monoisotopic (exact) mass is 399 g/mol. The second-order valence-corrected chi connectivity index (χ2v) is 8.16. The molecule has 31 heavy (non-hydrogen) atoms. The molecule has 1 aliphatic heterocycles. The summed E-state index contributed by atoms with van der Waals surface area (Å²) in [6.07, 6.45) is 10.8. The molecule has 2 nitrogen and oxygen atoms in total. The van der Waals surface area contributed by atoms with Crippen LogP contribution in [0.15, 0.2) is 97.1 Å². The average molecular weight is 400 g/mol. The third kappa shape index (κ3) is 2.62. The summed E-state index contributed by atoms with van der Waals surface area (Å²) in [4.78, 5) is 0. The smallest absolute Gasteiger partial charge is 0.214 e. The minimum atomic E-state index is 1.24. The lowest BCUT2D eigenvalue weighted by Crippen LogP contribution is -2.11. The van der Waals surface area contributed by atoms with Crippen LogP contribution in [-0.2, 0) is 7.05 Å². The Kier molecular flexibility index (Phi) is 3.94. The molecule has 0 N–H and O–H groups in total. The molecular weight excluding hydrogens is 376 g/mol. The minimum absolute atomic E-state index is 1.24. The lowest BCUT2D eigenvalue weighted by atomic mass is 10.0. The van der Waals surface area contributed by atoms with Gasteiger partial charge >= 0.3 is 0 Å².